The molecule has 1 N–H and O–H groups in total. The normalized spacial score (nSPS) is 24.9. The largest absolute Gasteiger partial charge is 0.464 e. The first-order chi connectivity index (χ1) is 14.0. The summed E-state index contributed by atoms with van der Waals surface area (Å²) in [6, 6.07) is 8.51. The van der Waals surface area contributed by atoms with Gasteiger partial charge in [0.1, 0.15) is 5.58 Å². The molecule has 4 rings (SSSR count). The maximum Gasteiger partial charge on any atom is 0.211 e. The molecule has 1 saturated heterocycles. The fourth-order valence-electron chi connectivity index (χ4n) is 5.05. The van der Waals surface area contributed by atoms with Crippen LogP contribution >= 0.6 is 0 Å². The lowest BCUT2D eigenvalue weighted by atomic mass is 9.84. The van der Waals surface area contributed by atoms with E-state index in [1.165, 1.54) is 36.8 Å². The number of furan rings is 1. The van der Waals surface area contributed by atoms with Crippen LogP contribution in [-0.2, 0) is 10.0 Å². The number of piperidine rings is 1. The summed E-state index contributed by atoms with van der Waals surface area (Å²) < 4.78 is 32.1. The maximum atomic E-state index is 11.7. The number of sulfonamides is 1. The third-order valence-electron chi connectivity index (χ3n) is 6.96. The highest BCUT2D eigenvalue weighted by atomic mass is 32.2. The average Bonchev–Trinajstić information content (AvgIpc) is 3.18. The van der Waals surface area contributed by atoms with Crippen molar-refractivity contribution in [1.82, 2.24) is 9.62 Å². The molecule has 2 aromatic rings. The van der Waals surface area contributed by atoms with Gasteiger partial charge in [0.2, 0.25) is 10.0 Å². The summed E-state index contributed by atoms with van der Waals surface area (Å²) in [5.74, 6) is 1.53. The van der Waals surface area contributed by atoms with Gasteiger partial charge in [-0.3, -0.25) is 0 Å². The van der Waals surface area contributed by atoms with E-state index < -0.39 is 10.0 Å². The molecule has 0 spiro atoms. The fourth-order valence-corrected chi connectivity index (χ4v) is 5.96. The molecule has 0 radical (unpaired) electrons. The lowest BCUT2D eigenvalue weighted by Crippen LogP contribution is -2.39. The van der Waals surface area contributed by atoms with Crippen LogP contribution in [-0.4, -0.2) is 44.7 Å². The highest BCUT2D eigenvalue weighted by molar-refractivity contribution is 7.89. The molecule has 6 heteroatoms. The van der Waals surface area contributed by atoms with Crippen molar-refractivity contribution in [3.8, 4) is 0 Å². The maximum absolute atomic E-state index is 11.7. The van der Waals surface area contributed by atoms with Crippen molar-refractivity contribution in [2.75, 3.05) is 25.4 Å². The van der Waals surface area contributed by atoms with Crippen LogP contribution in [0.3, 0.4) is 0 Å². The molecule has 1 aliphatic carbocycles. The molecule has 1 aromatic carbocycles. The number of rotatable bonds is 7. The standard InChI is InChI=1S/C23H34N2O3S/c1-2-29(26,27)24-20-9-7-18(8-10-20)11-14-25-15-12-19(13-16-25)22-17-28-23-6-4-3-5-21(22)23/h3-6,17-20,24H,2,7-16H2,1H3. The second-order valence-corrected chi connectivity index (χ2v) is 10.9. The average molecular weight is 419 g/mol. The van der Waals surface area contributed by atoms with Crippen LogP contribution in [0.15, 0.2) is 34.9 Å². The van der Waals surface area contributed by atoms with Gasteiger partial charge in [0.25, 0.3) is 0 Å². The zero-order valence-electron chi connectivity index (χ0n) is 17.5. The number of hydrogen-bond acceptors (Lipinski definition) is 4. The van der Waals surface area contributed by atoms with E-state index in [9.17, 15) is 8.42 Å². The van der Waals surface area contributed by atoms with Crippen molar-refractivity contribution in [3.05, 3.63) is 36.1 Å². The minimum absolute atomic E-state index is 0.150. The quantitative estimate of drug-likeness (QED) is 0.719. The van der Waals surface area contributed by atoms with Crippen LogP contribution in [0.1, 0.15) is 63.4 Å². The fraction of sp³-hybridized carbons (Fsp3) is 0.652. The summed E-state index contributed by atoms with van der Waals surface area (Å²) in [6.07, 6.45) is 9.88. The molecular weight excluding hydrogens is 384 g/mol. The van der Waals surface area contributed by atoms with Crippen molar-refractivity contribution in [3.63, 3.8) is 0 Å². The van der Waals surface area contributed by atoms with Gasteiger partial charge < -0.3 is 9.32 Å². The Balaban J connectivity index is 1.19. The Morgan fingerprint density at radius 3 is 2.52 bits per heavy atom. The van der Waals surface area contributed by atoms with Crippen molar-refractivity contribution in [2.45, 2.75) is 63.8 Å². The van der Waals surface area contributed by atoms with E-state index in [1.807, 2.05) is 12.3 Å². The molecule has 1 aliphatic heterocycles. The van der Waals surface area contributed by atoms with Crippen molar-refractivity contribution < 1.29 is 12.8 Å². The predicted molar refractivity (Wildman–Crippen MR) is 118 cm³/mol. The van der Waals surface area contributed by atoms with Gasteiger partial charge in [-0.2, -0.15) is 0 Å². The molecule has 2 fully saturated rings. The third-order valence-corrected chi connectivity index (χ3v) is 8.42. The molecule has 0 bridgehead atoms. The molecule has 1 aromatic heterocycles. The van der Waals surface area contributed by atoms with E-state index in [-0.39, 0.29) is 11.8 Å². The van der Waals surface area contributed by atoms with Crippen molar-refractivity contribution >= 4 is 21.0 Å². The number of nitrogens with zero attached hydrogens (tertiary/aromatic N) is 1. The van der Waals surface area contributed by atoms with E-state index >= 15 is 0 Å². The molecule has 1 saturated carbocycles. The van der Waals surface area contributed by atoms with Crippen LogP contribution in [0.4, 0.5) is 0 Å². The van der Waals surface area contributed by atoms with Crippen molar-refractivity contribution in [2.24, 2.45) is 5.92 Å². The summed E-state index contributed by atoms with van der Waals surface area (Å²) in [7, 11) is -3.07. The number of fused-ring (bicyclic) bond motifs is 1. The lowest BCUT2D eigenvalue weighted by molar-refractivity contribution is 0.185. The van der Waals surface area contributed by atoms with Crippen molar-refractivity contribution in [1.29, 1.82) is 0 Å². The molecular formula is C23H34N2O3S. The highest BCUT2D eigenvalue weighted by Gasteiger charge is 2.26. The van der Waals surface area contributed by atoms with Gasteiger partial charge in [0.15, 0.2) is 0 Å². The SMILES string of the molecule is CCS(=O)(=O)NC1CCC(CCN2CCC(c3coc4ccccc34)CC2)CC1. The third kappa shape index (κ3) is 5.22. The molecule has 2 heterocycles. The minimum Gasteiger partial charge on any atom is -0.464 e. The van der Waals surface area contributed by atoms with Gasteiger partial charge in [0, 0.05) is 17.0 Å². The monoisotopic (exact) mass is 418 g/mol. The van der Waals surface area contributed by atoms with Gasteiger partial charge in [-0.05, 0) is 89.4 Å². The first-order valence-corrected chi connectivity index (χ1v) is 12.9. The van der Waals surface area contributed by atoms with E-state index in [0.29, 0.717) is 5.92 Å². The number of benzene rings is 1. The molecule has 160 valence electrons. The number of hydrogen-bond donors (Lipinski definition) is 1. The second kappa shape index (κ2) is 9.19. The Bertz CT molecular complexity index is 892. The van der Waals surface area contributed by atoms with E-state index in [1.54, 1.807) is 6.92 Å². The highest BCUT2D eigenvalue weighted by Crippen LogP contribution is 2.35. The molecule has 0 atom stereocenters. The molecule has 0 amide bonds. The molecule has 5 nitrogen and oxygen atoms in total. The molecule has 2 aliphatic rings. The van der Waals surface area contributed by atoms with Gasteiger partial charge in [-0.15, -0.1) is 0 Å². The Kier molecular flexibility index (Phi) is 6.62. The van der Waals surface area contributed by atoms with Gasteiger partial charge in [0.05, 0.1) is 12.0 Å². The summed E-state index contributed by atoms with van der Waals surface area (Å²) in [5, 5.41) is 1.28. The topological polar surface area (TPSA) is 62.6 Å². The smallest absolute Gasteiger partial charge is 0.211 e. The summed E-state index contributed by atoms with van der Waals surface area (Å²) in [5.41, 5.74) is 2.38. The summed E-state index contributed by atoms with van der Waals surface area (Å²) in [4.78, 5) is 2.62. The molecule has 0 unspecified atom stereocenters. The van der Waals surface area contributed by atoms with Crippen LogP contribution in [0.5, 0.6) is 0 Å². The Labute approximate surface area is 174 Å². The molecule has 29 heavy (non-hydrogen) atoms. The van der Waals surface area contributed by atoms with E-state index in [0.717, 1.165) is 50.3 Å². The van der Waals surface area contributed by atoms with Crippen LogP contribution in [0.25, 0.3) is 11.0 Å². The van der Waals surface area contributed by atoms with Crippen LogP contribution in [0, 0.1) is 5.92 Å². The zero-order chi connectivity index (χ0) is 20.3. The number of nitrogens with one attached hydrogen (secondary N) is 1. The van der Waals surface area contributed by atoms with E-state index in [4.69, 9.17) is 4.42 Å². The van der Waals surface area contributed by atoms with Gasteiger partial charge >= 0.3 is 0 Å². The minimum atomic E-state index is -3.07. The summed E-state index contributed by atoms with van der Waals surface area (Å²) in [6.45, 7) is 5.20. The van der Waals surface area contributed by atoms with E-state index in [2.05, 4.69) is 27.8 Å². The van der Waals surface area contributed by atoms with Crippen LogP contribution < -0.4 is 4.72 Å². The number of para-hydroxylation sites is 1. The summed E-state index contributed by atoms with van der Waals surface area (Å²) >= 11 is 0. The lowest BCUT2D eigenvalue weighted by Gasteiger charge is -2.34. The Morgan fingerprint density at radius 1 is 1.07 bits per heavy atom. The van der Waals surface area contributed by atoms with Gasteiger partial charge in [-0.25, -0.2) is 13.1 Å². The first-order valence-electron chi connectivity index (χ1n) is 11.2. The van der Waals surface area contributed by atoms with Gasteiger partial charge in [-0.1, -0.05) is 18.2 Å². The zero-order valence-corrected chi connectivity index (χ0v) is 18.3. The second-order valence-electron chi connectivity index (χ2n) is 8.83. The predicted octanol–water partition coefficient (Wildman–Crippen LogP) is 4.50. The Morgan fingerprint density at radius 2 is 1.79 bits per heavy atom. The Hall–Kier alpha value is -1.37. The first kappa shape index (κ1) is 20.9. The van der Waals surface area contributed by atoms with Crippen LogP contribution in [0.2, 0.25) is 0 Å². The number of likely N-dealkylation sites (tertiary alicyclic amines) is 1.